The normalized spacial score (nSPS) is 46.3. The van der Waals surface area contributed by atoms with Crippen molar-refractivity contribution in [3.05, 3.63) is 0 Å². The molecule has 4 nitrogen and oxygen atoms in total. The molecule has 17 heavy (non-hydrogen) atoms. The summed E-state index contributed by atoms with van der Waals surface area (Å²) in [5.74, 6) is 0.592. The Hall–Kier alpha value is -0.610. The van der Waals surface area contributed by atoms with Gasteiger partial charge in [0.05, 0.1) is 5.54 Å². The average Bonchev–Trinajstić information content (AvgIpc) is 2.90. The van der Waals surface area contributed by atoms with E-state index in [1.165, 1.54) is 32.2 Å². The Balaban J connectivity index is 1.70. The number of fused-ring (bicyclic) bond motifs is 2. The number of carbonyl (C=O) groups excluding carboxylic acids is 1. The maximum absolute atomic E-state index is 11.5. The molecule has 96 valence electrons. The summed E-state index contributed by atoms with van der Waals surface area (Å²) in [6.45, 7) is 1.23. The molecule has 4 unspecified atom stereocenters. The molecule has 1 saturated heterocycles. The van der Waals surface area contributed by atoms with E-state index in [0.717, 1.165) is 31.2 Å². The number of amides is 1. The Bertz CT molecular complexity index is 333. The first-order chi connectivity index (χ1) is 8.08. The first-order valence-electron chi connectivity index (χ1n) is 6.93. The third kappa shape index (κ3) is 1.87. The van der Waals surface area contributed by atoms with E-state index in [1.54, 1.807) is 0 Å². The van der Waals surface area contributed by atoms with Gasteiger partial charge in [-0.15, -0.1) is 0 Å². The van der Waals surface area contributed by atoms with Crippen LogP contribution in [-0.2, 0) is 4.79 Å². The number of nitrogens with two attached hydrogens (primary N) is 2. The standard InChI is InChI=1S/C13H23N3O/c14-12(17)13(15)5-1-2-11(7-13)16-8-9-3-4-10(16)6-9/h9-11H,1-8,15H2,(H2,14,17). The fraction of sp³-hybridized carbons (Fsp3) is 0.923. The summed E-state index contributed by atoms with van der Waals surface area (Å²) in [5.41, 5.74) is 10.9. The lowest BCUT2D eigenvalue weighted by atomic mass is 9.78. The number of hydrogen-bond acceptors (Lipinski definition) is 3. The predicted molar refractivity (Wildman–Crippen MR) is 66.2 cm³/mol. The molecule has 2 aliphatic carbocycles. The number of likely N-dealkylation sites (tertiary alicyclic amines) is 1. The monoisotopic (exact) mass is 237 g/mol. The predicted octanol–water partition coefficient (Wildman–Crippen LogP) is 0.596. The molecule has 4 N–H and O–H groups in total. The Kier molecular flexibility index (Phi) is 2.67. The summed E-state index contributed by atoms with van der Waals surface area (Å²) < 4.78 is 0. The number of rotatable bonds is 2. The van der Waals surface area contributed by atoms with Crippen LogP contribution in [0.15, 0.2) is 0 Å². The van der Waals surface area contributed by atoms with E-state index in [1.807, 2.05) is 0 Å². The minimum Gasteiger partial charge on any atom is -0.368 e. The van der Waals surface area contributed by atoms with Crippen molar-refractivity contribution in [3.63, 3.8) is 0 Å². The van der Waals surface area contributed by atoms with E-state index in [-0.39, 0.29) is 5.91 Å². The van der Waals surface area contributed by atoms with Gasteiger partial charge in [-0.05, 0) is 50.9 Å². The van der Waals surface area contributed by atoms with Crippen LogP contribution in [0.4, 0.5) is 0 Å². The first-order valence-corrected chi connectivity index (χ1v) is 6.93. The van der Waals surface area contributed by atoms with Crippen LogP contribution in [-0.4, -0.2) is 35.0 Å². The van der Waals surface area contributed by atoms with Gasteiger partial charge in [-0.3, -0.25) is 9.69 Å². The minimum absolute atomic E-state index is 0.313. The highest BCUT2D eigenvalue weighted by Crippen LogP contribution is 2.42. The Labute approximate surface area is 103 Å². The van der Waals surface area contributed by atoms with Gasteiger partial charge in [0, 0.05) is 18.6 Å². The van der Waals surface area contributed by atoms with Crippen molar-refractivity contribution >= 4 is 5.91 Å². The SMILES string of the molecule is NC(=O)C1(N)CCCC(N2CC3CCC2C3)C1. The van der Waals surface area contributed by atoms with Crippen molar-refractivity contribution in [2.45, 2.75) is 62.6 Å². The summed E-state index contributed by atoms with van der Waals surface area (Å²) in [6, 6.07) is 1.26. The van der Waals surface area contributed by atoms with Gasteiger partial charge in [0.25, 0.3) is 0 Å². The maximum atomic E-state index is 11.5. The number of carbonyl (C=O) groups is 1. The van der Waals surface area contributed by atoms with Gasteiger partial charge in [0.1, 0.15) is 0 Å². The van der Waals surface area contributed by atoms with Gasteiger partial charge in [-0.2, -0.15) is 0 Å². The fourth-order valence-electron chi connectivity index (χ4n) is 4.19. The summed E-state index contributed by atoms with van der Waals surface area (Å²) in [7, 11) is 0. The van der Waals surface area contributed by atoms with Crippen molar-refractivity contribution in [2.75, 3.05) is 6.54 Å². The van der Waals surface area contributed by atoms with E-state index in [9.17, 15) is 4.79 Å². The highest BCUT2D eigenvalue weighted by Gasteiger charge is 2.45. The molecule has 0 aromatic carbocycles. The molecule has 3 fully saturated rings. The summed E-state index contributed by atoms with van der Waals surface area (Å²) >= 11 is 0. The van der Waals surface area contributed by atoms with Crippen LogP contribution >= 0.6 is 0 Å². The molecule has 1 heterocycles. The van der Waals surface area contributed by atoms with Crippen LogP contribution in [0.1, 0.15) is 44.9 Å². The van der Waals surface area contributed by atoms with Crippen molar-refractivity contribution in [3.8, 4) is 0 Å². The number of piperidine rings is 1. The van der Waals surface area contributed by atoms with Crippen LogP contribution < -0.4 is 11.5 Å². The molecule has 0 spiro atoms. The van der Waals surface area contributed by atoms with Gasteiger partial charge >= 0.3 is 0 Å². The third-order valence-electron chi connectivity index (χ3n) is 5.17. The molecule has 0 radical (unpaired) electrons. The molecule has 4 heteroatoms. The molecule has 3 aliphatic rings. The summed E-state index contributed by atoms with van der Waals surface area (Å²) in [5, 5.41) is 0. The lowest BCUT2D eigenvalue weighted by Crippen LogP contribution is -2.59. The van der Waals surface area contributed by atoms with Gasteiger partial charge in [0.2, 0.25) is 5.91 Å². The van der Waals surface area contributed by atoms with Gasteiger partial charge in [-0.25, -0.2) is 0 Å². The first kappa shape index (κ1) is 11.5. The highest BCUT2D eigenvalue weighted by molar-refractivity contribution is 5.84. The molecule has 1 aliphatic heterocycles. The van der Waals surface area contributed by atoms with Crippen molar-refractivity contribution in [1.82, 2.24) is 4.90 Å². The van der Waals surface area contributed by atoms with Crippen LogP contribution in [0.2, 0.25) is 0 Å². The summed E-state index contributed by atoms with van der Waals surface area (Å²) in [4.78, 5) is 14.1. The van der Waals surface area contributed by atoms with E-state index in [0.29, 0.717) is 6.04 Å². The Morgan fingerprint density at radius 3 is 2.65 bits per heavy atom. The number of nitrogens with zero attached hydrogens (tertiary/aromatic N) is 1. The number of primary amides is 1. The molecule has 2 saturated carbocycles. The summed E-state index contributed by atoms with van der Waals surface area (Å²) in [6.07, 6.45) is 7.87. The minimum atomic E-state index is -0.745. The maximum Gasteiger partial charge on any atom is 0.237 e. The van der Waals surface area contributed by atoms with Crippen LogP contribution in [0.5, 0.6) is 0 Å². The van der Waals surface area contributed by atoms with Gasteiger partial charge in [0.15, 0.2) is 0 Å². The zero-order valence-corrected chi connectivity index (χ0v) is 10.4. The molecule has 1 amide bonds. The average molecular weight is 237 g/mol. The highest BCUT2D eigenvalue weighted by atomic mass is 16.1. The molecular weight excluding hydrogens is 214 g/mol. The lowest BCUT2D eigenvalue weighted by molar-refractivity contribution is -0.125. The lowest BCUT2D eigenvalue weighted by Gasteiger charge is -2.42. The van der Waals surface area contributed by atoms with Crippen molar-refractivity contribution < 1.29 is 4.79 Å². The van der Waals surface area contributed by atoms with Crippen LogP contribution in [0, 0.1) is 5.92 Å². The molecule has 2 bridgehead atoms. The topological polar surface area (TPSA) is 72.3 Å². The molecule has 0 aromatic heterocycles. The second-order valence-electron chi connectivity index (χ2n) is 6.30. The fourth-order valence-corrected chi connectivity index (χ4v) is 4.19. The van der Waals surface area contributed by atoms with Gasteiger partial charge in [-0.1, -0.05) is 0 Å². The van der Waals surface area contributed by atoms with E-state index in [2.05, 4.69) is 4.90 Å². The van der Waals surface area contributed by atoms with Crippen LogP contribution in [0.3, 0.4) is 0 Å². The van der Waals surface area contributed by atoms with E-state index < -0.39 is 5.54 Å². The zero-order chi connectivity index (χ0) is 12.0. The van der Waals surface area contributed by atoms with Crippen molar-refractivity contribution in [1.29, 1.82) is 0 Å². The molecular formula is C13H23N3O. The van der Waals surface area contributed by atoms with E-state index >= 15 is 0 Å². The Morgan fingerprint density at radius 1 is 1.24 bits per heavy atom. The molecule has 0 aromatic rings. The van der Waals surface area contributed by atoms with Crippen molar-refractivity contribution in [2.24, 2.45) is 17.4 Å². The van der Waals surface area contributed by atoms with E-state index in [4.69, 9.17) is 11.5 Å². The van der Waals surface area contributed by atoms with Crippen LogP contribution in [0.25, 0.3) is 0 Å². The molecule has 4 atom stereocenters. The molecule has 3 rings (SSSR count). The third-order valence-corrected chi connectivity index (χ3v) is 5.17. The zero-order valence-electron chi connectivity index (χ0n) is 10.4. The quantitative estimate of drug-likeness (QED) is 0.738. The smallest absolute Gasteiger partial charge is 0.237 e. The second-order valence-corrected chi connectivity index (χ2v) is 6.30. The second kappa shape index (κ2) is 3.95. The Morgan fingerprint density at radius 2 is 2.06 bits per heavy atom. The van der Waals surface area contributed by atoms with Gasteiger partial charge < -0.3 is 11.5 Å². The largest absolute Gasteiger partial charge is 0.368 e. The number of hydrogen-bond donors (Lipinski definition) is 2.